The molecule has 5 heteroatoms. The molecule has 0 radical (unpaired) electrons. The minimum atomic E-state index is -0.119. The fraction of sp³-hybridized carbons (Fsp3) is 0.308. The maximum atomic E-state index is 12.4. The number of carbonyl (C=O) groups is 1. The minimum Gasteiger partial charge on any atom is -0.305 e. The summed E-state index contributed by atoms with van der Waals surface area (Å²) in [5.74, 6) is 0.622. The highest BCUT2D eigenvalue weighted by atomic mass is 16.2. The Morgan fingerprint density at radius 3 is 3.06 bits per heavy atom. The summed E-state index contributed by atoms with van der Waals surface area (Å²) in [6, 6.07) is 8.02. The van der Waals surface area contributed by atoms with Gasteiger partial charge in [0.2, 0.25) is 5.82 Å². The fourth-order valence-corrected chi connectivity index (χ4v) is 2.43. The predicted octanol–water partition coefficient (Wildman–Crippen LogP) is 1.64. The number of anilines is 1. The first-order valence-corrected chi connectivity index (χ1v) is 6.01. The van der Waals surface area contributed by atoms with E-state index in [0.29, 0.717) is 11.7 Å². The van der Waals surface area contributed by atoms with Crippen LogP contribution in [0.1, 0.15) is 23.1 Å². The number of H-pyrrole nitrogens is 1. The first kappa shape index (κ1) is 11.0. The van der Waals surface area contributed by atoms with Crippen LogP contribution in [0.4, 0.5) is 5.69 Å². The third kappa shape index (κ3) is 1.77. The topological polar surface area (TPSA) is 61.9 Å². The summed E-state index contributed by atoms with van der Waals surface area (Å²) in [7, 11) is 0. The van der Waals surface area contributed by atoms with E-state index in [4.69, 9.17) is 0 Å². The zero-order valence-corrected chi connectivity index (χ0v) is 10.1. The van der Waals surface area contributed by atoms with Gasteiger partial charge in [-0.1, -0.05) is 25.1 Å². The van der Waals surface area contributed by atoms with Crippen LogP contribution in [0, 0.1) is 5.92 Å². The summed E-state index contributed by atoms with van der Waals surface area (Å²) in [5, 5.41) is 6.36. The van der Waals surface area contributed by atoms with Crippen LogP contribution < -0.4 is 4.90 Å². The van der Waals surface area contributed by atoms with Gasteiger partial charge in [0, 0.05) is 12.2 Å². The van der Waals surface area contributed by atoms with Crippen molar-refractivity contribution in [3.05, 3.63) is 42.0 Å². The van der Waals surface area contributed by atoms with Gasteiger partial charge in [0.1, 0.15) is 6.33 Å². The highest BCUT2D eigenvalue weighted by Crippen LogP contribution is 2.29. The first-order valence-electron chi connectivity index (χ1n) is 6.01. The maximum Gasteiger partial charge on any atom is 0.295 e. The third-order valence-electron chi connectivity index (χ3n) is 3.21. The van der Waals surface area contributed by atoms with Gasteiger partial charge in [-0.25, -0.2) is 4.98 Å². The number of hydrogen-bond acceptors (Lipinski definition) is 3. The summed E-state index contributed by atoms with van der Waals surface area (Å²) in [5.41, 5.74) is 2.20. The first-order chi connectivity index (χ1) is 8.75. The third-order valence-corrected chi connectivity index (χ3v) is 3.21. The number of aromatic nitrogens is 3. The monoisotopic (exact) mass is 242 g/mol. The normalized spacial score (nSPS) is 18.5. The molecule has 1 aromatic carbocycles. The molecule has 2 aromatic rings. The van der Waals surface area contributed by atoms with Crippen molar-refractivity contribution < 1.29 is 4.79 Å². The average Bonchev–Trinajstić information content (AvgIpc) is 2.90. The van der Waals surface area contributed by atoms with E-state index >= 15 is 0 Å². The number of amides is 1. The molecule has 0 bridgehead atoms. The molecular formula is C13H14N4O. The molecule has 1 amide bonds. The molecule has 1 unspecified atom stereocenters. The second-order valence-corrected chi connectivity index (χ2v) is 4.69. The number of benzene rings is 1. The lowest BCUT2D eigenvalue weighted by molar-refractivity contribution is 0.0971. The maximum absolute atomic E-state index is 12.4. The molecule has 1 aromatic heterocycles. The Hall–Kier alpha value is -2.17. The van der Waals surface area contributed by atoms with Crippen molar-refractivity contribution >= 4 is 11.6 Å². The molecule has 2 heterocycles. The van der Waals surface area contributed by atoms with E-state index in [0.717, 1.165) is 18.7 Å². The van der Waals surface area contributed by atoms with Gasteiger partial charge in [-0.2, -0.15) is 5.10 Å². The van der Waals surface area contributed by atoms with Crippen LogP contribution in [-0.4, -0.2) is 27.6 Å². The van der Waals surface area contributed by atoms with Crippen LogP contribution in [0.3, 0.4) is 0 Å². The summed E-state index contributed by atoms with van der Waals surface area (Å²) in [6.07, 6.45) is 2.36. The van der Waals surface area contributed by atoms with E-state index in [2.05, 4.69) is 28.2 Å². The molecule has 1 N–H and O–H groups in total. The Morgan fingerprint density at radius 1 is 1.44 bits per heavy atom. The van der Waals surface area contributed by atoms with Crippen LogP contribution in [0.15, 0.2) is 30.6 Å². The molecule has 0 aliphatic carbocycles. The zero-order valence-electron chi connectivity index (χ0n) is 10.1. The Morgan fingerprint density at radius 2 is 2.28 bits per heavy atom. The number of nitrogens with one attached hydrogen (secondary N) is 1. The number of aromatic amines is 1. The van der Waals surface area contributed by atoms with E-state index in [1.807, 2.05) is 18.2 Å². The number of fused-ring (bicyclic) bond motifs is 1. The van der Waals surface area contributed by atoms with Gasteiger partial charge in [0.15, 0.2) is 0 Å². The van der Waals surface area contributed by atoms with Crippen LogP contribution in [0.5, 0.6) is 0 Å². The Labute approximate surface area is 105 Å². The van der Waals surface area contributed by atoms with Gasteiger partial charge >= 0.3 is 0 Å². The van der Waals surface area contributed by atoms with Crippen LogP contribution in [0.2, 0.25) is 0 Å². The Bertz CT molecular complexity index is 564. The van der Waals surface area contributed by atoms with Crippen LogP contribution in [-0.2, 0) is 6.42 Å². The fourth-order valence-electron chi connectivity index (χ4n) is 2.43. The van der Waals surface area contributed by atoms with Crippen molar-refractivity contribution in [2.45, 2.75) is 13.3 Å². The number of nitrogens with zero attached hydrogens (tertiary/aromatic N) is 3. The lowest BCUT2D eigenvalue weighted by Gasteiger charge is -2.32. The smallest absolute Gasteiger partial charge is 0.295 e. The van der Waals surface area contributed by atoms with Crippen molar-refractivity contribution in [2.24, 2.45) is 5.92 Å². The van der Waals surface area contributed by atoms with E-state index < -0.39 is 0 Å². The van der Waals surface area contributed by atoms with Crippen molar-refractivity contribution in [1.29, 1.82) is 0 Å². The molecule has 1 atom stereocenters. The van der Waals surface area contributed by atoms with E-state index in [1.165, 1.54) is 11.9 Å². The quantitative estimate of drug-likeness (QED) is 0.827. The molecular weight excluding hydrogens is 228 g/mol. The molecule has 3 rings (SSSR count). The highest BCUT2D eigenvalue weighted by molar-refractivity contribution is 6.04. The molecule has 1 aliphatic rings. The summed E-state index contributed by atoms with van der Waals surface area (Å²) >= 11 is 0. The molecule has 5 nitrogen and oxygen atoms in total. The van der Waals surface area contributed by atoms with Crippen LogP contribution >= 0.6 is 0 Å². The van der Waals surface area contributed by atoms with Crippen molar-refractivity contribution in [3.8, 4) is 0 Å². The van der Waals surface area contributed by atoms with Gasteiger partial charge in [0.05, 0.1) is 0 Å². The van der Waals surface area contributed by atoms with Gasteiger partial charge in [-0.15, -0.1) is 0 Å². The molecule has 18 heavy (non-hydrogen) atoms. The van der Waals surface area contributed by atoms with Crippen molar-refractivity contribution in [2.75, 3.05) is 11.4 Å². The molecule has 0 saturated carbocycles. The van der Waals surface area contributed by atoms with Gasteiger partial charge in [0.25, 0.3) is 5.91 Å². The molecule has 0 saturated heterocycles. The highest BCUT2D eigenvalue weighted by Gasteiger charge is 2.28. The largest absolute Gasteiger partial charge is 0.305 e. The van der Waals surface area contributed by atoms with Crippen LogP contribution in [0.25, 0.3) is 0 Å². The molecule has 92 valence electrons. The average molecular weight is 242 g/mol. The summed E-state index contributed by atoms with van der Waals surface area (Å²) < 4.78 is 0. The second-order valence-electron chi connectivity index (χ2n) is 4.69. The van der Waals surface area contributed by atoms with E-state index in [1.54, 1.807) is 4.90 Å². The molecule has 0 fully saturated rings. The number of hydrogen-bond donors (Lipinski definition) is 1. The van der Waals surface area contributed by atoms with Gasteiger partial charge in [-0.05, 0) is 24.0 Å². The summed E-state index contributed by atoms with van der Waals surface area (Å²) in [6.45, 7) is 2.87. The number of rotatable bonds is 1. The second kappa shape index (κ2) is 4.25. The lowest BCUT2D eigenvalue weighted by Crippen LogP contribution is -2.39. The lowest BCUT2D eigenvalue weighted by atomic mass is 9.94. The predicted molar refractivity (Wildman–Crippen MR) is 67.4 cm³/mol. The van der Waals surface area contributed by atoms with Gasteiger partial charge < -0.3 is 4.90 Å². The number of para-hydroxylation sites is 1. The van der Waals surface area contributed by atoms with E-state index in [-0.39, 0.29) is 5.91 Å². The minimum absolute atomic E-state index is 0.119. The van der Waals surface area contributed by atoms with Crippen molar-refractivity contribution in [3.63, 3.8) is 0 Å². The summed E-state index contributed by atoms with van der Waals surface area (Å²) in [4.78, 5) is 18.1. The SMILES string of the molecule is CC1Cc2ccccc2N(C(=O)c2ncn[nH]2)C1. The van der Waals surface area contributed by atoms with Gasteiger partial charge in [-0.3, -0.25) is 9.89 Å². The zero-order chi connectivity index (χ0) is 12.5. The van der Waals surface area contributed by atoms with Crippen molar-refractivity contribution in [1.82, 2.24) is 15.2 Å². The molecule has 0 spiro atoms. The Balaban J connectivity index is 2.00. The Kier molecular flexibility index (Phi) is 2.59. The number of carbonyl (C=O) groups excluding carboxylic acids is 1. The standard InChI is InChI=1S/C13H14N4O/c1-9-6-10-4-2-3-5-11(10)17(7-9)13(18)12-14-8-15-16-12/h2-5,8-9H,6-7H2,1H3,(H,14,15,16). The molecule has 1 aliphatic heterocycles. The van der Waals surface area contributed by atoms with E-state index in [9.17, 15) is 4.79 Å².